The largest absolute Gasteiger partial charge is 0.480 e. The van der Waals surface area contributed by atoms with Gasteiger partial charge in [0.1, 0.15) is 6.04 Å². The second kappa shape index (κ2) is 5.99. The Morgan fingerprint density at radius 3 is 2.45 bits per heavy atom. The van der Waals surface area contributed by atoms with Gasteiger partial charge in [-0.15, -0.1) is 0 Å². The van der Waals surface area contributed by atoms with Gasteiger partial charge in [-0.1, -0.05) is 6.92 Å². The summed E-state index contributed by atoms with van der Waals surface area (Å²) in [6, 6.07) is -0.953. The quantitative estimate of drug-likeness (QED) is 0.852. The maximum atomic E-state index is 12.8. The number of hydrogen-bond acceptors (Lipinski definition) is 3. The number of hydrogen-bond donors (Lipinski definition) is 1. The molecule has 7 heteroatoms. The molecule has 2 saturated heterocycles. The van der Waals surface area contributed by atoms with Gasteiger partial charge in [0.2, 0.25) is 0 Å². The summed E-state index contributed by atoms with van der Waals surface area (Å²) in [5, 5.41) is 9.26. The predicted molar refractivity (Wildman–Crippen MR) is 75.5 cm³/mol. The molecule has 3 unspecified atom stereocenters. The molecule has 2 aliphatic rings. The van der Waals surface area contributed by atoms with Crippen LogP contribution in [0.5, 0.6) is 0 Å². The topological polar surface area (TPSA) is 77.9 Å². The molecule has 2 aliphatic heterocycles. The van der Waals surface area contributed by atoms with E-state index in [0.29, 0.717) is 25.4 Å². The van der Waals surface area contributed by atoms with E-state index >= 15 is 0 Å². The van der Waals surface area contributed by atoms with Gasteiger partial charge in [-0.25, -0.2) is 0 Å². The molecule has 0 radical (unpaired) electrons. The Morgan fingerprint density at radius 1 is 1.10 bits per heavy atom. The summed E-state index contributed by atoms with van der Waals surface area (Å²) < 4.78 is 28.3. The van der Waals surface area contributed by atoms with E-state index in [1.54, 1.807) is 0 Å². The molecule has 2 rings (SSSR count). The second-order valence-corrected chi connectivity index (χ2v) is 7.90. The smallest absolute Gasteiger partial charge is 0.322 e. The van der Waals surface area contributed by atoms with E-state index < -0.39 is 22.2 Å². The number of rotatable bonds is 3. The number of carbonyl (C=O) groups is 1. The van der Waals surface area contributed by atoms with Crippen LogP contribution in [0.25, 0.3) is 0 Å². The van der Waals surface area contributed by atoms with Gasteiger partial charge >= 0.3 is 5.97 Å². The van der Waals surface area contributed by atoms with Crippen LogP contribution in [-0.4, -0.2) is 53.3 Å². The normalized spacial score (nSPS) is 34.0. The van der Waals surface area contributed by atoms with Crippen LogP contribution in [0.15, 0.2) is 0 Å². The standard InChI is InChI=1S/C13H24N2O4S/c1-10-6-7-11(2)15(9-10)20(18,19)14-8-4-3-5-12(14)13(16)17/h10-12H,3-9H2,1-2H3,(H,16,17). The first-order chi connectivity index (χ1) is 9.34. The zero-order chi connectivity index (χ0) is 14.9. The maximum Gasteiger partial charge on any atom is 0.322 e. The Labute approximate surface area is 120 Å². The van der Waals surface area contributed by atoms with Crippen molar-refractivity contribution in [2.45, 2.75) is 58.0 Å². The third kappa shape index (κ3) is 2.99. The molecule has 0 spiro atoms. The highest BCUT2D eigenvalue weighted by Crippen LogP contribution is 2.29. The van der Waals surface area contributed by atoms with Gasteiger partial charge < -0.3 is 5.11 Å². The van der Waals surface area contributed by atoms with Crippen molar-refractivity contribution < 1.29 is 18.3 Å². The molecule has 0 saturated carbocycles. The van der Waals surface area contributed by atoms with Gasteiger partial charge in [0.15, 0.2) is 0 Å². The van der Waals surface area contributed by atoms with E-state index in [-0.39, 0.29) is 6.04 Å². The Hall–Kier alpha value is -0.660. The fourth-order valence-electron chi connectivity index (χ4n) is 3.13. The Kier molecular flexibility index (Phi) is 4.71. The van der Waals surface area contributed by atoms with Crippen molar-refractivity contribution in [1.82, 2.24) is 8.61 Å². The molecule has 0 aliphatic carbocycles. The molecule has 2 heterocycles. The lowest BCUT2D eigenvalue weighted by molar-refractivity contribution is -0.142. The molecule has 6 nitrogen and oxygen atoms in total. The molecule has 0 aromatic heterocycles. The molecule has 0 bridgehead atoms. The summed E-state index contributed by atoms with van der Waals surface area (Å²) in [5.74, 6) is -0.708. The molecule has 0 aromatic rings. The average Bonchev–Trinajstić information content (AvgIpc) is 2.41. The predicted octanol–water partition coefficient (Wildman–Crippen LogP) is 1.29. The Morgan fingerprint density at radius 2 is 1.80 bits per heavy atom. The van der Waals surface area contributed by atoms with Crippen LogP contribution in [0, 0.1) is 5.92 Å². The molecule has 20 heavy (non-hydrogen) atoms. The van der Waals surface area contributed by atoms with Gasteiger partial charge in [0, 0.05) is 19.1 Å². The first-order valence-corrected chi connectivity index (χ1v) is 8.75. The van der Waals surface area contributed by atoms with Crippen LogP contribution in [-0.2, 0) is 15.0 Å². The molecule has 0 amide bonds. The zero-order valence-corrected chi connectivity index (χ0v) is 13.0. The molecule has 116 valence electrons. The first kappa shape index (κ1) is 15.7. The molecule has 2 fully saturated rings. The summed E-state index contributed by atoms with van der Waals surface area (Å²) in [7, 11) is -3.68. The van der Waals surface area contributed by atoms with Crippen LogP contribution in [0.3, 0.4) is 0 Å². The number of nitrogens with zero attached hydrogens (tertiary/aromatic N) is 2. The van der Waals surface area contributed by atoms with E-state index in [0.717, 1.165) is 25.7 Å². The van der Waals surface area contributed by atoms with E-state index in [4.69, 9.17) is 0 Å². The third-order valence-corrected chi connectivity index (χ3v) is 6.52. The minimum Gasteiger partial charge on any atom is -0.480 e. The highest BCUT2D eigenvalue weighted by Gasteiger charge is 2.42. The van der Waals surface area contributed by atoms with E-state index in [1.807, 2.05) is 13.8 Å². The lowest BCUT2D eigenvalue weighted by Crippen LogP contribution is -2.57. The van der Waals surface area contributed by atoms with Crippen molar-refractivity contribution in [3.8, 4) is 0 Å². The number of carboxylic acid groups (broad SMARTS) is 1. The van der Waals surface area contributed by atoms with Crippen LogP contribution >= 0.6 is 0 Å². The van der Waals surface area contributed by atoms with E-state index in [9.17, 15) is 18.3 Å². The van der Waals surface area contributed by atoms with Gasteiger partial charge in [-0.2, -0.15) is 17.0 Å². The third-order valence-electron chi connectivity index (χ3n) is 4.39. The van der Waals surface area contributed by atoms with Crippen LogP contribution in [0.1, 0.15) is 46.0 Å². The Balaban J connectivity index is 2.25. The number of aliphatic carboxylic acids is 1. The fraction of sp³-hybridized carbons (Fsp3) is 0.923. The summed E-state index contributed by atoms with van der Waals surface area (Å²) >= 11 is 0. The fourth-order valence-corrected chi connectivity index (χ4v) is 5.28. The average molecular weight is 304 g/mol. The van der Waals surface area contributed by atoms with Crippen LogP contribution in [0.2, 0.25) is 0 Å². The summed E-state index contributed by atoms with van der Waals surface area (Å²) in [6.45, 7) is 4.76. The lowest BCUT2D eigenvalue weighted by Gasteiger charge is -2.41. The van der Waals surface area contributed by atoms with Crippen molar-refractivity contribution >= 4 is 16.2 Å². The highest BCUT2D eigenvalue weighted by molar-refractivity contribution is 7.86. The summed E-state index contributed by atoms with van der Waals surface area (Å²) in [5.41, 5.74) is 0. The van der Waals surface area contributed by atoms with Crippen LogP contribution in [0.4, 0.5) is 0 Å². The van der Waals surface area contributed by atoms with Crippen molar-refractivity contribution in [3.63, 3.8) is 0 Å². The molecular formula is C13H24N2O4S. The van der Waals surface area contributed by atoms with Crippen molar-refractivity contribution in [3.05, 3.63) is 0 Å². The van der Waals surface area contributed by atoms with E-state index in [1.165, 1.54) is 8.61 Å². The minimum atomic E-state index is -3.68. The molecule has 3 atom stereocenters. The van der Waals surface area contributed by atoms with Crippen molar-refractivity contribution in [1.29, 1.82) is 0 Å². The van der Waals surface area contributed by atoms with Crippen molar-refractivity contribution in [2.24, 2.45) is 5.92 Å². The van der Waals surface area contributed by atoms with Gasteiger partial charge in [-0.05, 0) is 44.9 Å². The molecular weight excluding hydrogens is 280 g/mol. The molecule has 0 aromatic carbocycles. The minimum absolute atomic E-state index is 0.0485. The Bertz CT molecular complexity index is 465. The zero-order valence-electron chi connectivity index (χ0n) is 12.2. The summed E-state index contributed by atoms with van der Waals surface area (Å²) in [6.07, 6.45) is 3.78. The van der Waals surface area contributed by atoms with E-state index in [2.05, 4.69) is 0 Å². The maximum absolute atomic E-state index is 12.8. The monoisotopic (exact) mass is 304 g/mol. The lowest BCUT2D eigenvalue weighted by atomic mass is 9.97. The SMILES string of the molecule is CC1CCC(C)N(S(=O)(=O)N2CCCCC2C(=O)O)C1. The van der Waals surface area contributed by atoms with Gasteiger partial charge in [0.25, 0.3) is 10.2 Å². The van der Waals surface area contributed by atoms with Crippen LogP contribution < -0.4 is 0 Å². The van der Waals surface area contributed by atoms with Crippen molar-refractivity contribution in [2.75, 3.05) is 13.1 Å². The number of carboxylic acids is 1. The second-order valence-electron chi connectivity index (χ2n) is 6.07. The van der Waals surface area contributed by atoms with Gasteiger partial charge in [-0.3, -0.25) is 4.79 Å². The first-order valence-electron chi connectivity index (χ1n) is 7.35. The number of piperidine rings is 2. The van der Waals surface area contributed by atoms with Gasteiger partial charge in [0.05, 0.1) is 0 Å². The highest BCUT2D eigenvalue weighted by atomic mass is 32.2. The molecule has 1 N–H and O–H groups in total. The summed E-state index contributed by atoms with van der Waals surface area (Å²) in [4.78, 5) is 11.3.